The zero-order chi connectivity index (χ0) is 55.2. The van der Waals surface area contributed by atoms with Gasteiger partial charge in [0.15, 0.2) is 0 Å². The van der Waals surface area contributed by atoms with Gasteiger partial charge in [-0.05, 0) is 117 Å². The predicted molar refractivity (Wildman–Crippen MR) is 302 cm³/mol. The van der Waals surface area contributed by atoms with E-state index < -0.39 is 32.3 Å². The first-order chi connectivity index (χ1) is 38.0. The average Bonchev–Trinajstić information content (AvgIpc) is 4.21. The fourth-order valence-corrected chi connectivity index (χ4v) is 13.8. The number of piperidine rings is 2. The van der Waals surface area contributed by atoms with E-state index in [0.29, 0.717) is 49.6 Å². The average molecular weight is 1100 g/mol. The lowest BCUT2D eigenvalue weighted by atomic mass is 9.59. The van der Waals surface area contributed by atoms with E-state index in [0.717, 1.165) is 82.5 Å². The molecule has 3 saturated heterocycles. The fraction of sp³-hybridized carbons (Fsp3) is 0.441. The number of likely N-dealkylation sites (tertiary alicyclic amines) is 1. The van der Waals surface area contributed by atoms with Crippen molar-refractivity contribution in [2.75, 3.05) is 75.2 Å². The summed E-state index contributed by atoms with van der Waals surface area (Å²) < 4.78 is 73.6. The Morgan fingerprint density at radius 2 is 1.66 bits per heavy atom. The van der Waals surface area contributed by atoms with Crippen LogP contribution in [-0.4, -0.2) is 131 Å². The molecule has 6 heterocycles. The maximum absolute atomic E-state index is 16.1. The van der Waals surface area contributed by atoms with Crippen molar-refractivity contribution in [1.29, 1.82) is 0 Å². The van der Waals surface area contributed by atoms with Crippen LogP contribution in [-0.2, 0) is 16.6 Å². The lowest BCUT2D eigenvalue weighted by molar-refractivity contribution is -0.0628. The minimum atomic E-state index is -4.71. The number of methoxy groups -OCH3 is 1. The number of imidazole rings is 1. The lowest BCUT2D eigenvalue weighted by Crippen LogP contribution is -2.60. The van der Waals surface area contributed by atoms with E-state index in [1.165, 1.54) is 47.5 Å². The largest absolute Gasteiger partial charge is 0.497 e. The highest BCUT2D eigenvalue weighted by Gasteiger charge is 2.50. The van der Waals surface area contributed by atoms with Crippen LogP contribution < -0.4 is 29.9 Å². The highest BCUT2D eigenvalue weighted by molar-refractivity contribution is 7.90. The quantitative estimate of drug-likeness (QED) is 0.0471. The number of hydrogen-bond acceptors (Lipinski definition) is 14. The third-order valence-electron chi connectivity index (χ3n) is 17.2. The van der Waals surface area contributed by atoms with Crippen LogP contribution in [0.5, 0.6) is 17.2 Å². The normalized spacial score (nSPS) is 19.3. The van der Waals surface area contributed by atoms with Crippen LogP contribution in [0.2, 0.25) is 0 Å². The Morgan fingerprint density at radius 3 is 2.38 bits per heavy atom. The molecule has 0 bridgehead atoms. The molecule has 7 aromatic rings. The zero-order valence-corrected chi connectivity index (χ0v) is 46.3. The summed E-state index contributed by atoms with van der Waals surface area (Å²) >= 11 is 0. The molecule has 1 unspecified atom stereocenters. The molecule has 17 nitrogen and oxygen atoms in total. The molecule has 6 N–H and O–H groups in total. The first kappa shape index (κ1) is 54.1. The number of anilines is 3. The summed E-state index contributed by atoms with van der Waals surface area (Å²) in [5.74, 6) is -0.112. The summed E-state index contributed by atoms with van der Waals surface area (Å²) in [6, 6.07) is 26.0. The number of amides is 1. The van der Waals surface area contributed by atoms with Gasteiger partial charge in [0.1, 0.15) is 44.8 Å². The number of pyridine rings is 1. The van der Waals surface area contributed by atoms with Gasteiger partial charge in [-0.25, -0.2) is 31.9 Å². The van der Waals surface area contributed by atoms with Gasteiger partial charge in [-0.1, -0.05) is 50.2 Å². The molecule has 1 spiro atoms. The van der Waals surface area contributed by atoms with Gasteiger partial charge in [-0.3, -0.25) is 25.3 Å². The topological polar surface area (TPSA) is 196 Å². The van der Waals surface area contributed by atoms with E-state index in [1.807, 2.05) is 12.1 Å². The molecule has 4 fully saturated rings. The van der Waals surface area contributed by atoms with E-state index >= 15 is 4.39 Å². The number of carbonyl (C=O) groups is 1. The molecule has 0 radical (unpaired) electrons. The highest BCUT2D eigenvalue weighted by Crippen LogP contribution is 2.53. The second-order valence-corrected chi connectivity index (χ2v) is 24.4. The molecular weight excluding hydrogens is 1030 g/mol. The van der Waals surface area contributed by atoms with Crippen LogP contribution >= 0.6 is 0 Å². The Morgan fingerprint density at radius 1 is 0.899 bits per heavy atom. The standard InChI is InChI=1S/C59H71F2N11O6S/c1-37(2)44-8-6-7-9-45(44)50-34-69(33-39-10-13-42(77-5)14-11-39)24-25-72(50)41-29-58(30-41)16-20-71(21-17-58)40-12-15-46(51(26-40)78-43-27-47-48(60)32-63-56(47)62-31-43)57(73)68-79(75,76)52-28-49(67-74)53(55-54(52)65-36-66-55)64-35-59(61)18-22-70(23-19-59)38(3)4/h6-15,26-28,31-32,36-38,41,50,64,67,74H,16-25,29-30,33-35H2,1-5H3,(H,62,63)(H,65,66)(H,68,73). The van der Waals surface area contributed by atoms with Crippen molar-refractivity contribution in [3.8, 4) is 17.2 Å². The Labute approximate surface area is 460 Å². The van der Waals surface area contributed by atoms with Gasteiger partial charge in [0.2, 0.25) is 0 Å². The van der Waals surface area contributed by atoms with Gasteiger partial charge in [-0.15, -0.1) is 0 Å². The van der Waals surface area contributed by atoms with E-state index in [4.69, 9.17) is 9.47 Å². The first-order valence-electron chi connectivity index (χ1n) is 27.5. The number of sulfonamides is 1. The molecule has 4 aliphatic rings. The molecule has 3 aromatic heterocycles. The Kier molecular flexibility index (Phi) is 15.1. The molecule has 1 aliphatic carbocycles. The van der Waals surface area contributed by atoms with E-state index in [2.05, 4.69) is 119 Å². The van der Waals surface area contributed by atoms with Gasteiger partial charge < -0.3 is 34.6 Å². The third kappa shape index (κ3) is 11.1. The number of aromatic amines is 2. The monoisotopic (exact) mass is 1100 g/mol. The van der Waals surface area contributed by atoms with E-state index in [-0.39, 0.29) is 62.9 Å². The number of alkyl halides is 1. The molecule has 79 heavy (non-hydrogen) atoms. The van der Waals surface area contributed by atoms with Gasteiger partial charge in [-0.2, -0.15) is 0 Å². The van der Waals surface area contributed by atoms with E-state index in [1.54, 1.807) is 19.2 Å². The first-order valence-corrected chi connectivity index (χ1v) is 29.0. The number of ether oxygens (including phenoxy) is 2. The van der Waals surface area contributed by atoms with Crippen molar-refractivity contribution in [2.45, 2.75) is 107 Å². The maximum atomic E-state index is 16.1. The Bertz CT molecular complexity index is 3440. The van der Waals surface area contributed by atoms with Crippen LogP contribution in [0.15, 0.2) is 102 Å². The van der Waals surface area contributed by atoms with Crippen molar-refractivity contribution in [2.24, 2.45) is 5.41 Å². The number of benzene rings is 4. The van der Waals surface area contributed by atoms with Gasteiger partial charge in [0, 0.05) is 95.0 Å². The summed E-state index contributed by atoms with van der Waals surface area (Å²) in [5, 5.41) is 13.6. The smallest absolute Gasteiger partial charge is 0.268 e. The molecular formula is C59H71F2N11O6S. The summed E-state index contributed by atoms with van der Waals surface area (Å²) in [6.07, 6.45) is 8.66. The van der Waals surface area contributed by atoms with Gasteiger partial charge in [0.25, 0.3) is 15.9 Å². The summed E-state index contributed by atoms with van der Waals surface area (Å²) in [7, 11) is -3.01. The number of aromatic nitrogens is 4. The molecule has 1 amide bonds. The number of nitrogens with zero attached hydrogens (tertiary/aromatic N) is 6. The minimum Gasteiger partial charge on any atom is -0.497 e. The second kappa shape index (κ2) is 22.0. The molecule has 3 aliphatic heterocycles. The number of carbonyl (C=O) groups excluding carboxylic acids is 1. The SMILES string of the molecule is COc1ccc(CN2CCN(C3CC4(CCN(c5ccc(C(=O)NS(=O)(=O)c6cc(NO)c(NCC7(F)CCN(C(C)C)CC7)c7[nH]cnc67)c(Oc6cnc7[nH]cc(F)c7c6)c5)CC4)C3)C(c3ccccc3C(C)C)C2)cc1. The van der Waals surface area contributed by atoms with Gasteiger partial charge in [0.05, 0.1) is 47.5 Å². The van der Waals surface area contributed by atoms with Gasteiger partial charge >= 0.3 is 0 Å². The molecule has 4 aromatic carbocycles. The lowest BCUT2D eigenvalue weighted by Gasteiger charge is -2.58. The number of halogens is 2. The van der Waals surface area contributed by atoms with Crippen molar-refractivity contribution < 1.29 is 36.7 Å². The molecule has 20 heteroatoms. The van der Waals surface area contributed by atoms with E-state index in [9.17, 15) is 22.8 Å². The highest BCUT2D eigenvalue weighted by atomic mass is 32.2. The third-order valence-corrected chi connectivity index (χ3v) is 18.6. The number of rotatable bonds is 17. The van der Waals surface area contributed by atoms with Crippen LogP contribution in [0.4, 0.5) is 25.8 Å². The molecule has 1 atom stereocenters. The number of hydrogen-bond donors (Lipinski definition) is 6. The van der Waals surface area contributed by atoms with Crippen molar-refractivity contribution in [1.82, 2.24) is 39.4 Å². The van der Waals surface area contributed by atoms with Crippen molar-refractivity contribution >= 4 is 55.1 Å². The maximum Gasteiger partial charge on any atom is 0.268 e. The number of fused-ring (bicyclic) bond motifs is 2. The van der Waals surface area contributed by atoms with Crippen LogP contribution in [0.1, 0.15) is 105 Å². The van der Waals surface area contributed by atoms with Crippen molar-refractivity contribution in [3.05, 3.63) is 126 Å². The summed E-state index contributed by atoms with van der Waals surface area (Å²) in [5.41, 5.74) is 6.06. The fourth-order valence-electron chi connectivity index (χ4n) is 12.6. The second-order valence-electron chi connectivity index (χ2n) is 22.8. The summed E-state index contributed by atoms with van der Waals surface area (Å²) in [6.45, 7) is 15.1. The van der Waals surface area contributed by atoms with Crippen LogP contribution in [0, 0.1) is 11.2 Å². The predicted octanol–water partition coefficient (Wildman–Crippen LogP) is 10.4. The Balaban J connectivity index is 0.803. The Hall–Kier alpha value is -6.84. The zero-order valence-electron chi connectivity index (χ0n) is 45.5. The number of nitrogens with one attached hydrogen (secondary N) is 5. The molecule has 418 valence electrons. The van der Waals surface area contributed by atoms with Crippen LogP contribution in [0.25, 0.3) is 22.1 Å². The number of piperazine rings is 1. The van der Waals surface area contributed by atoms with Crippen molar-refractivity contribution in [3.63, 3.8) is 0 Å². The summed E-state index contributed by atoms with van der Waals surface area (Å²) in [4.78, 5) is 38.1. The molecule has 11 rings (SSSR count). The minimum absolute atomic E-state index is 0.0340. The number of H-pyrrole nitrogens is 2. The molecule has 1 saturated carbocycles. The van der Waals surface area contributed by atoms with Crippen LogP contribution in [0.3, 0.4) is 0 Å².